The summed E-state index contributed by atoms with van der Waals surface area (Å²) in [5, 5.41) is 0. The molecule has 0 unspecified atom stereocenters. The zero-order valence-electron chi connectivity index (χ0n) is 16.9. The molecule has 1 aliphatic rings. The number of esters is 1. The summed E-state index contributed by atoms with van der Waals surface area (Å²) in [6, 6.07) is 9.89. The normalized spacial score (nSPS) is 16.0. The molecule has 0 atom stereocenters. The topological polar surface area (TPSA) is 63.7 Å². The Morgan fingerprint density at radius 3 is 2.28 bits per heavy atom. The van der Waals surface area contributed by atoms with E-state index in [1.54, 1.807) is 32.0 Å². The van der Waals surface area contributed by atoms with Crippen LogP contribution in [-0.4, -0.2) is 31.8 Å². The maximum absolute atomic E-state index is 13.7. The summed E-state index contributed by atoms with van der Waals surface area (Å²) in [7, 11) is -3.62. The Morgan fingerprint density at radius 1 is 1.10 bits per heavy atom. The largest absolute Gasteiger partial charge is 0.460 e. The third-order valence-corrected chi connectivity index (χ3v) is 7.52. The Hall–Kier alpha value is -2.25. The van der Waals surface area contributed by atoms with Crippen LogP contribution >= 0.6 is 0 Å². The molecule has 5 nitrogen and oxygen atoms in total. The second-order valence-corrected chi connectivity index (χ2v) is 9.48. The van der Waals surface area contributed by atoms with Crippen molar-refractivity contribution in [2.75, 3.05) is 13.1 Å². The summed E-state index contributed by atoms with van der Waals surface area (Å²) >= 11 is 0. The zero-order chi connectivity index (χ0) is 21.2. The lowest BCUT2D eigenvalue weighted by molar-refractivity contribution is -0.151. The van der Waals surface area contributed by atoms with Crippen LogP contribution < -0.4 is 0 Å². The number of rotatable bonds is 5. The summed E-state index contributed by atoms with van der Waals surface area (Å²) in [5.41, 5.74) is 2.81. The molecule has 2 aromatic rings. The van der Waals surface area contributed by atoms with Crippen LogP contribution in [0.15, 0.2) is 41.3 Å². The zero-order valence-corrected chi connectivity index (χ0v) is 17.8. The first-order chi connectivity index (χ1) is 13.7. The molecule has 0 N–H and O–H groups in total. The molecular weight excluding hydrogens is 393 g/mol. The van der Waals surface area contributed by atoms with Crippen molar-refractivity contribution in [3.63, 3.8) is 0 Å². The van der Waals surface area contributed by atoms with Gasteiger partial charge in [0.15, 0.2) is 0 Å². The molecule has 0 radical (unpaired) electrons. The minimum Gasteiger partial charge on any atom is -0.460 e. The highest BCUT2D eigenvalue weighted by Crippen LogP contribution is 2.29. The molecular formula is C22H26FNO4S. The van der Waals surface area contributed by atoms with Gasteiger partial charge >= 0.3 is 5.97 Å². The van der Waals surface area contributed by atoms with Crippen LogP contribution in [0.25, 0.3) is 0 Å². The van der Waals surface area contributed by atoms with Gasteiger partial charge in [-0.05, 0) is 50.8 Å². The lowest BCUT2D eigenvalue weighted by Crippen LogP contribution is -2.41. The van der Waals surface area contributed by atoms with E-state index in [9.17, 15) is 17.6 Å². The number of aryl methyl sites for hydroxylation is 3. The first kappa shape index (κ1) is 21.5. The van der Waals surface area contributed by atoms with Gasteiger partial charge in [0.25, 0.3) is 0 Å². The number of piperidine rings is 1. The first-order valence-corrected chi connectivity index (χ1v) is 11.1. The summed E-state index contributed by atoms with van der Waals surface area (Å²) in [4.78, 5) is 12.7. The van der Waals surface area contributed by atoms with Gasteiger partial charge in [-0.25, -0.2) is 12.8 Å². The summed E-state index contributed by atoms with van der Waals surface area (Å²) in [6.07, 6.45) is 0.776. The Morgan fingerprint density at radius 2 is 1.69 bits per heavy atom. The monoisotopic (exact) mass is 419 g/mol. The van der Waals surface area contributed by atoms with Crippen molar-refractivity contribution in [3.05, 3.63) is 64.5 Å². The third-order valence-electron chi connectivity index (χ3n) is 5.32. The lowest BCUT2D eigenvalue weighted by Gasteiger charge is -2.31. The van der Waals surface area contributed by atoms with Crippen molar-refractivity contribution < 1.29 is 22.3 Å². The molecule has 0 amide bonds. The fraction of sp³-hybridized carbons (Fsp3) is 0.409. The Labute approximate surface area is 171 Å². The van der Waals surface area contributed by atoms with Gasteiger partial charge in [-0.1, -0.05) is 35.9 Å². The molecule has 0 aromatic heterocycles. The number of carbonyl (C=O) groups is 1. The minimum absolute atomic E-state index is 0.119. The highest BCUT2D eigenvalue weighted by molar-refractivity contribution is 7.89. The fourth-order valence-corrected chi connectivity index (χ4v) is 5.80. The molecule has 1 heterocycles. The highest BCUT2D eigenvalue weighted by Gasteiger charge is 2.34. The van der Waals surface area contributed by atoms with E-state index in [0.717, 1.165) is 16.7 Å². The van der Waals surface area contributed by atoms with Crippen LogP contribution in [0.3, 0.4) is 0 Å². The van der Waals surface area contributed by atoms with Crippen LogP contribution in [0.5, 0.6) is 0 Å². The molecule has 0 saturated carbocycles. The first-order valence-electron chi connectivity index (χ1n) is 9.68. The highest BCUT2D eigenvalue weighted by atomic mass is 32.2. The van der Waals surface area contributed by atoms with Gasteiger partial charge < -0.3 is 4.74 Å². The molecule has 2 aromatic carbocycles. The van der Waals surface area contributed by atoms with Gasteiger partial charge in [0.1, 0.15) is 12.4 Å². The SMILES string of the molecule is Cc1cc(C)c(S(=O)(=O)N2CCC(C(=O)OCc3ccccc3F)CC2)c(C)c1. The number of ether oxygens (including phenoxy) is 1. The van der Waals surface area contributed by atoms with E-state index in [1.165, 1.54) is 10.4 Å². The third kappa shape index (κ3) is 4.67. The molecule has 0 bridgehead atoms. The fourth-order valence-electron chi connectivity index (χ4n) is 3.92. The smallest absolute Gasteiger partial charge is 0.309 e. The average Bonchev–Trinajstić information content (AvgIpc) is 2.66. The number of halogens is 1. The molecule has 1 aliphatic heterocycles. The number of hydrogen-bond donors (Lipinski definition) is 0. The number of hydrogen-bond acceptors (Lipinski definition) is 4. The van der Waals surface area contributed by atoms with E-state index in [4.69, 9.17) is 4.74 Å². The molecule has 1 fully saturated rings. The Bertz CT molecular complexity index is 988. The van der Waals surface area contributed by atoms with Crippen LogP contribution in [0.1, 0.15) is 35.1 Å². The van der Waals surface area contributed by atoms with Gasteiger partial charge in [-0.2, -0.15) is 4.31 Å². The van der Waals surface area contributed by atoms with Crippen LogP contribution in [-0.2, 0) is 26.2 Å². The van der Waals surface area contributed by atoms with Crippen LogP contribution in [0.4, 0.5) is 4.39 Å². The van der Waals surface area contributed by atoms with Crippen molar-refractivity contribution >= 4 is 16.0 Å². The Kier molecular flexibility index (Phi) is 6.39. The van der Waals surface area contributed by atoms with E-state index in [0.29, 0.717) is 23.3 Å². The van der Waals surface area contributed by atoms with E-state index >= 15 is 0 Å². The predicted octanol–water partition coefficient (Wildman–Crippen LogP) is 3.90. The second kappa shape index (κ2) is 8.63. The molecule has 156 valence electrons. The van der Waals surface area contributed by atoms with Gasteiger partial charge in [-0.15, -0.1) is 0 Å². The summed E-state index contributed by atoms with van der Waals surface area (Å²) in [6.45, 7) is 5.95. The van der Waals surface area contributed by atoms with E-state index in [1.807, 2.05) is 19.1 Å². The lowest BCUT2D eigenvalue weighted by atomic mass is 9.98. The van der Waals surface area contributed by atoms with Crippen molar-refractivity contribution in [2.24, 2.45) is 5.92 Å². The summed E-state index contributed by atoms with van der Waals surface area (Å²) < 4.78 is 46.6. The van der Waals surface area contributed by atoms with E-state index < -0.39 is 21.8 Å². The molecule has 29 heavy (non-hydrogen) atoms. The van der Waals surface area contributed by atoms with Gasteiger partial charge in [-0.3, -0.25) is 4.79 Å². The number of nitrogens with zero attached hydrogens (tertiary/aromatic N) is 1. The maximum Gasteiger partial charge on any atom is 0.309 e. The number of benzene rings is 2. The molecule has 0 spiro atoms. The molecule has 0 aliphatic carbocycles. The molecule has 3 rings (SSSR count). The standard InChI is InChI=1S/C22H26FNO4S/c1-15-12-16(2)21(17(3)13-15)29(26,27)24-10-8-18(9-11-24)22(25)28-14-19-6-4-5-7-20(19)23/h4-7,12-13,18H,8-11,14H2,1-3H3. The van der Waals surface area contributed by atoms with Crippen molar-refractivity contribution in [1.82, 2.24) is 4.31 Å². The van der Waals surface area contributed by atoms with Gasteiger partial charge in [0.2, 0.25) is 10.0 Å². The summed E-state index contributed by atoms with van der Waals surface area (Å²) in [5.74, 6) is -1.20. The van der Waals surface area contributed by atoms with Crippen molar-refractivity contribution in [1.29, 1.82) is 0 Å². The Balaban J connectivity index is 1.63. The van der Waals surface area contributed by atoms with Crippen LogP contribution in [0, 0.1) is 32.5 Å². The molecule has 1 saturated heterocycles. The van der Waals surface area contributed by atoms with Crippen molar-refractivity contribution in [3.8, 4) is 0 Å². The average molecular weight is 420 g/mol. The van der Waals surface area contributed by atoms with E-state index in [-0.39, 0.29) is 25.6 Å². The van der Waals surface area contributed by atoms with E-state index in [2.05, 4.69) is 0 Å². The number of carbonyl (C=O) groups excluding carboxylic acids is 1. The maximum atomic E-state index is 13.7. The van der Waals surface area contributed by atoms with Crippen molar-refractivity contribution in [2.45, 2.75) is 45.1 Å². The quantitative estimate of drug-likeness (QED) is 0.690. The number of sulfonamides is 1. The minimum atomic E-state index is -3.62. The van der Waals surface area contributed by atoms with Gasteiger partial charge in [0.05, 0.1) is 10.8 Å². The second-order valence-electron chi connectivity index (χ2n) is 7.61. The van der Waals surface area contributed by atoms with Crippen LogP contribution in [0.2, 0.25) is 0 Å². The van der Waals surface area contributed by atoms with Gasteiger partial charge in [0, 0.05) is 18.7 Å². The molecule has 7 heteroatoms. The predicted molar refractivity (Wildman–Crippen MR) is 108 cm³/mol.